The molecule has 30 heavy (non-hydrogen) atoms. The predicted octanol–water partition coefficient (Wildman–Crippen LogP) is 5.17. The van der Waals surface area contributed by atoms with Crippen molar-refractivity contribution in [2.24, 2.45) is 5.73 Å². The Morgan fingerprint density at radius 1 is 1.00 bits per heavy atom. The van der Waals surface area contributed by atoms with Crippen LogP contribution in [0, 0.1) is 10.1 Å². The molecule has 0 aliphatic rings. The Labute approximate surface area is 172 Å². The molecule has 0 amide bonds. The highest BCUT2D eigenvalue weighted by Crippen LogP contribution is 2.37. The molecule has 5 nitrogen and oxygen atoms in total. The lowest BCUT2D eigenvalue weighted by Crippen LogP contribution is -2.19. The normalized spacial score (nSPS) is 12.8. The quantitative estimate of drug-likeness (QED) is 0.291. The molecule has 2 aromatic rings. The number of ketones is 1. The van der Waals surface area contributed by atoms with Crippen molar-refractivity contribution in [2.45, 2.75) is 31.7 Å². The fourth-order valence-corrected chi connectivity index (χ4v) is 2.67. The molecule has 1 atom stereocenters. The number of nitro groups is 1. The third-order valence-electron chi connectivity index (χ3n) is 3.93. The van der Waals surface area contributed by atoms with Crippen LogP contribution >= 0.6 is 12.4 Å². The number of hydrogen-bond donors (Lipinski definition) is 1. The molecule has 0 saturated heterocycles. The molecular formula is C18H15ClF6N2O3. The Balaban J connectivity index is 0.00000450. The number of carbonyl (C=O) groups excluding carboxylic acids is 1. The molecular weight excluding hydrogens is 442 g/mol. The van der Waals surface area contributed by atoms with Gasteiger partial charge in [0.15, 0.2) is 5.78 Å². The van der Waals surface area contributed by atoms with Gasteiger partial charge in [-0.15, -0.1) is 12.4 Å². The van der Waals surface area contributed by atoms with Crippen LogP contribution in [0.2, 0.25) is 0 Å². The van der Waals surface area contributed by atoms with E-state index in [0.29, 0.717) is 12.1 Å². The molecule has 1 unspecified atom stereocenters. The van der Waals surface area contributed by atoms with Crippen LogP contribution in [0.4, 0.5) is 32.0 Å². The van der Waals surface area contributed by atoms with Gasteiger partial charge in [-0.05, 0) is 43.7 Å². The second kappa shape index (κ2) is 9.00. The average Bonchev–Trinajstić information content (AvgIpc) is 2.58. The molecule has 0 aliphatic carbocycles. The average molecular weight is 457 g/mol. The molecule has 0 aromatic heterocycles. The Morgan fingerprint density at radius 3 is 1.90 bits per heavy atom. The maximum absolute atomic E-state index is 13.0. The first kappa shape index (κ1) is 25.4. The Kier molecular flexibility index (Phi) is 7.62. The summed E-state index contributed by atoms with van der Waals surface area (Å²) in [4.78, 5) is 23.0. The minimum absolute atomic E-state index is 0. The lowest BCUT2D eigenvalue weighted by atomic mass is 9.95. The zero-order chi connectivity index (χ0) is 22.1. The van der Waals surface area contributed by atoms with E-state index in [0.717, 1.165) is 18.2 Å². The van der Waals surface area contributed by atoms with Crippen LogP contribution in [0.25, 0.3) is 0 Å². The predicted molar refractivity (Wildman–Crippen MR) is 97.6 cm³/mol. The summed E-state index contributed by atoms with van der Waals surface area (Å²) >= 11 is 0. The topological polar surface area (TPSA) is 86.2 Å². The molecule has 0 fully saturated rings. The van der Waals surface area contributed by atoms with Gasteiger partial charge in [0, 0.05) is 28.8 Å². The van der Waals surface area contributed by atoms with Gasteiger partial charge in [0.25, 0.3) is 5.69 Å². The van der Waals surface area contributed by atoms with Crippen LogP contribution in [-0.2, 0) is 18.8 Å². The van der Waals surface area contributed by atoms with Crippen molar-refractivity contribution in [1.29, 1.82) is 0 Å². The first-order chi connectivity index (χ1) is 13.2. The fraction of sp³-hybridized carbons (Fsp3) is 0.278. The molecule has 0 radical (unpaired) electrons. The highest BCUT2D eigenvalue weighted by Gasteiger charge is 2.37. The third-order valence-corrected chi connectivity index (χ3v) is 3.93. The van der Waals surface area contributed by atoms with Crippen LogP contribution in [0.15, 0.2) is 36.4 Å². The van der Waals surface area contributed by atoms with E-state index in [2.05, 4.69) is 0 Å². The van der Waals surface area contributed by atoms with Crippen LogP contribution in [0.3, 0.4) is 0 Å². The lowest BCUT2D eigenvalue weighted by molar-refractivity contribution is -0.385. The Morgan fingerprint density at radius 2 is 1.50 bits per heavy atom. The Hall–Kier alpha value is -2.66. The Bertz CT molecular complexity index is 926. The minimum atomic E-state index is -5.11. The number of rotatable bonds is 5. The third kappa shape index (κ3) is 5.92. The van der Waals surface area contributed by atoms with E-state index in [-0.39, 0.29) is 41.7 Å². The van der Waals surface area contributed by atoms with E-state index in [1.54, 1.807) is 6.92 Å². The second-order valence-electron chi connectivity index (χ2n) is 6.41. The number of nitro benzene ring substituents is 1. The summed E-state index contributed by atoms with van der Waals surface area (Å²) < 4.78 is 77.9. The SMILES string of the molecule is CC(N)Cc1cc(C(=O)c2cc(C(F)(F)F)cc(C(F)(F)F)c2)ccc1[N+](=O)[O-].Cl. The smallest absolute Gasteiger partial charge is 0.328 e. The monoisotopic (exact) mass is 456 g/mol. The summed E-state index contributed by atoms with van der Waals surface area (Å²) in [6.07, 6.45) is -10.2. The standard InChI is InChI=1S/C18H14F6N2O3.ClH/c1-9(25)4-11-5-10(2-3-15(11)26(28)29)16(27)12-6-13(17(19,20)21)8-14(7-12)18(22,23)24;/h2-3,5-9H,4,25H2,1H3;1H. The van der Waals surface area contributed by atoms with Crippen molar-refractivity contribution >= 4 is 23.9 Å². The minimum Gasteiger partial charge on any atom is -0.328 e. The summed E-state index contributed by atoms with van der Waals surface area (Å²) in [7, 11) is 0. The molecule has 0 aliphatic heterocycles. The lowest BCUT2D eigenvalue weighted by Gasteiger charge is -2.14. The van der Waals surface area contributed by atoms with E-state index < -0.39 is 45.8 Å². The highest BCUT2D eigenvalue weighted by molar-refractivity contribution is 6.09. The number of carbonyl (C=O) groups is 1. The van der Waals surface area contributed by atoms with Crippen molar-refractivity contribution in [2.75, 3.05) is 0 Å². The molecule has 0 bridgehead atoms. The first-order valence-electron chi connectivity index (χ1n) is 8.07. The zero-order valence-electron chi connectivity index (χ0n) is 15.2. The van der Waals surface area contributed by atoms with Crippen molar-refractivity contribution in [1.82, 2.24) is 0 Å². The molecule has 2 aromatic carbocycles. The van der Waals surface area contributed by atoms with Gasteiger partial charge < -0.3 is 5.73 Å². The van der Waals surface area contributed by atoms with Crippen LogP contribution in [0.5, 0.6) is 0 Å². The van der Waals surface area contributed by atoms with E-state index in [4.69, 9.17) is 5.73 Å². The number of nitrogens with two attached hydrogens (primary N) is 1. The van der Waals surface area contributed by atoms with Gasteiger partial charge in [0.1, 0.15) is 0 Å². The summed E-state index contributed by atoms with van der Waals surface area (Å²) in [5, 5.41) is 11.1. The van der Waals surface area contributed by atoms with Crippen LogP contribution in [0.1, 0.15) is 39.5 Å². The maximum atomic E-state index is 13.0. The van der Waals surface area contributed by atoms with Crippen molar-refractivity contribution in [3.05, 3.63) is 74.3 Å². The second-order valence-corrected chi connectivity index (χ2v) is 6.41. The van der Waals surface area contributed by atoms with Gasteiger partial charge in [-0.3, -0.25) is 14.9 Å². The molecule has 2 N–H and O–H groups in total. The van der Waals surface area contributed by atoms with Gasteiger partial charge in [0.2, 0.25) is 0 Å². The van der Waals surface area contributed by atoms with Crippen LogP contribution in [-0.4, -0.2) is 16.7 Å². The number of halogens is 7. The largest absolute Gasteiger partial charge is 0.416 e. The van der Waals surface area contributed by atoms with Crippen molar-refractivity contribution in [3.8, 4) is 0 Å². The number of nitrogens with zero attached hydrogens (tertiary/aromatic N) is 1. The highest BCUT2D eigenvalue weighted by atomic mass is 35.5. The molecule has 12 heteroatoms. The van der Waals surface area contributed by atoms with Gasteiger partial charge in [-0.25, -0.2) is 0 Å². The molecule has 0 saturated carbocycles. The van der Waals surface area contributed by atoms with Gasteiger partial charge in [-0.2, -0.15) is 26.3 Å². The summed E-state index contributed by atoms with van der Waals surface area (Å²) in [6.45, 7) is 1.54. The van der Waals surface area contributed by atoms with Crippen molar-refractivity contribution in [3.63, 3.8) is 0 Å². The zero-order valence-corrected chi connectivity index (χ0v) is 16.0. The van der Waals surface area contributed by atoms with E-state index in [1.165, 1.54) is 0 Å². The van der Waals surface area contributed by atoms with E-state index >= 15 is 0 Å². The number of hydrogen-bond acceptors (Lipinski definition) is 4. The summed E-state index contributed by atoms with van der Waals surface area (Å²) in [5.74, 6) is -1.14. The molecule has 2 rings (SSSR count). The van der Waals surface area contributed by atoms with Crippen LogP contribution < -0.4 is 5.73 Å². The van der Waals surface area contributed by atoms with E-state index in [1.807, 2.05) is 0 Å². The van der Waals surface area contributed by atoms with Gasteiger partial charge >= 0.3 is 12.4 Å². The summed E-state index contributed by atoms with van der Waals surface area (Å²) in [6, 6.07) is 2.98. The molecule has 0 spiro atoms. The van der Waals surface area contributed by atoms with Crippen molar-refractivity contribution < 1.29 is 36.1 Å². The van der Waals surface area contributed by atoms with E-state index in [9.17, 15) is 41.3 Å². The molecule has 0 heterocycles. The fourth-order valence-electron chi connectivity index (χ4n) is 2.67. The van der Waals surface area contributed by atoms with Gasteiger partial charge in [0.05, 0.1) is 16.1 Å². The number of benzene rings is 2. The maximum Gasteiger partial charge on any atom is 0.416 e. The first-order valence-corrected chi connectivity index (χ1v) is 8.07. The molecule has 164 valence electrons. The van der Waals surface area contributed by atoms with Gasteiger partial charge in [-0.1, -0.05) is 0 Å². The summed E-state index contributed by atoms with van der Waals surface area (Å²) in [5.41, 5.74) is 0.892. The number of alkyl halides is 6.